The summed E-state index contributed by atoms with van der Waals surface area (Å²) in [6, 6.07) is 14.5. The Morgan fingerprint density at radius 3 is 2.40 bits per heavy atom. The second kappa shape index (κ2) is 13.0. The number of carbonyl (C=O) groups is 3. The summed E-state index contributed by atoms with van der Waals surface area (Å²) < 4.78 is 16.9. The van der Waals surface area contributed by atoms with Gasteiger partial charge in [0.15, 0.2) is 0 Å². The number of nitrogens with zero attached hydrogens (tertiary/aromatic N) is 1. The molecule has 2 aromatic carbocycles. The molecule has 2 N–H and O–H groups in total. The fourth-order valence-corrected chi connectivity index (χ4v) is 6.55. The summed E-state index contributed by atoms with van der Waals surface area (Å²) in [6.07, 6.45) is 4.30. The van der Waals surface area contributed by atoms with Gasteiger partial charge in [-0.05, 0) is 81.5 Å². The number of nitrogens with one attached hydrogen (secondary N) is 2. The van der Waals surface area contributed by atoms with Crippen LogP contribution in [-0.2, 0) is 31.0 Å². The predicted octanol–water partition coefficient (Wildman–Crippen LogP) is 6.55. The molecule has 9 nitrogen and oxygen atoms in total. The Morgan fingerprint density at radius 2 is 1.72 bits per heavy atom. The topological polar surface area (TPSA) is 106 Å². The fourth-order valence-electron chi connectivity index (χ4n) is 6.55. The highest BCUT2D eigenvalue weighted by atomic mass is 16.6. The number of hydrogen-bond donors (Lipinski definition) is 2. The van der Waals surface area contributed by atoms with Crippen molar-refractivity contribution in [3.05, 3.63) is 59.7 Å². The van der Waals surface area contributed by atoms with E-state index in [0.717, 1.165) is 55.3 Å². The van der Waals surface area contributed by atoms with Crippen molar-refractivity contribution in [1.82, 2.24) is 5.32 Å². The Kier molecular flexibility index (Phi) is 9.30. The highest BCUT2D eigenvalue weighted by Crippen LogP contribution is 2.48. The number of rotatable bonds is 6. The standard InChI is InChI=1S/C34H45N3O6/c1-23-10-12-25(13-11-23)29(36-31(39)42-21-24-8-6-5-7-9-24)30(38)35-26-14-15-27-28(20-26)37(32(40)43-33(2,3)4)22-34(27)16-18-41-19-17-34/h5-9,14-15,20,23,25,29H,10-13,16-19,21-22H2,1-4H3,(H,35,38)(H,36,39)/t23-,25-,29?. The van der Waals surface area contributed by atoms with E-state index in [0.29, 0.717) is 31.4 Å². The molecule has 1 aliphatic carbocycles. The highest BCUT2D eigenvalue weighted by Gasteiger charge is 2.47. The first kappa shape index (κ1) is 30.9. The summed E-state index contributed by atoms with van der Waals surface area (Å²) in [5.41, 5.74) is 2.40. The number of alkyl carbamates (subject to hydrolysis) is 1. The molecule has 3 aliphatic rings. The number of benzene rings is 2. The molecule has 0 radical (unpaired) electrons. The molecule has 2 aromatic rings. The quantitative estimate of drug-likeness (QED) is 0.395. The number of ether oxygens (including phenoxy) is 3. The molecule has 1 saturated heterocycles. The minimum atomic E-state index is -0.743. The van der Waals surface area contributed by atoms with E-state index in [-0.39, 0.29) is 23.8 Å². The maximum Gasteiger partial charge on any atom is 0.414 e. The third kappa shape index (κ3) is 7.50. The minimum absolute atomic E-state index is 0.00123. The van der Waals surface area contributed by atoms with Crippen molar-refractivity contribution >= 4 is 29.5 Å². The smallest absolute Gasteiger partial charge is 0.414 e. The lowest BCUT2D eigenvalue weighted by Crippen LogP contribution is -2.49. The van der Waals surface area contributed by atoms with E-state index in [1.54, 1.807) is 4.90 Å². The largest absolute Gasteiger partial charge is 0.445 e. The normalized spacial score (nSPS) is 21.9. The maximum absolute atomic E-state index is 13.8. The summed E-state index contributed by atoms with van der Waals surface area (Å²) in [5, 5.41) is 5.92. The SMILES string of the molecule is CC(C)(C)OC(=O)N1CC2(CCOCC2)c2ccc(NC(=O)C(NC(=O)OCc3ccccc3)[C@H]3CC[C@H](C)CC3)cc21. The van der Waals surface area contributed by atoms with E-state index in [9.17, 15) is 14.4 Å². The maximum atomic E-state index is 13.8. The van der Waals surface area contributed by atoms with Gasteiger partial charge in [-0.15, -0.1) is 0 Å². The van der Waals surface area contributed by atoms with Gasteiger partial charge in [-0.3, -0.25) is 9.69 Å². The molecular formula is C34H45N3O6. The van der Waals surface area contributed by atoms with Gasteiger partial charge in [-0.1, -0.05) is 56.2 Å². The molecule has 3 amide bonds. The van der Waals surface area contributed by atoms with Crippen molar-refractivity contribution in [3.8, 4) is 0 Å². The minimum Gasteiger partial charge on any atom is -0.445 e. The van der Waals surface area contributed by atoms with Crippen LogP contribution in [-0.4, -0.2) is 49.5 Å². The Labute approximate surface area is 254 Å². The second-order valence-electron chi connectivity index (χ2n) is 13.4. The summed E-state index contributed by atoms with van der Waals surface area (Å²) >= 11 is 0. The van der Waals surface area contributed by atoms with E-state index in [1.807, 2.05) is 69.3 Å². The zero-order chi connectivity index (χ0) is 30.6. The molecule has 2 aliphatic heterocycles. The van der Waals surface area contributed by atoms with Gasteiger partial charge < -0.3 is 24.8 Å². The Balaban J connectivity index is 1.35. The van der Waals surface area contributed by atoms with Gasteiger partial charge in [0.1, 0.15) is 18.2 Å². The molecule has 5 rings (SSSR count). The Morgan fingerprint density at radius 1 is 1.02 bits per heavy atom. The molecule has 1 saturated carbocycles. The van der Waals surface area contributed by atoms with E-state index in [1.165, 1.54) is 0 Å². The van der Waals surface area contributed by atoms with Gasteiger partial charge >= 0.3 is 12.2 Å². The molecule has 9 heteroatoms. The molecule has 0 bridgehead atoms. The average Bonchev–Trinajstić information content (AvgIpc) is 3.28. The van der Waals surface area contributed by atoms with Crippen molar-refractivity contribution in [2.45, 2.75) is 89.9 Å². The number of hydrogen-bond acceptors (Lipinski definition) is 6. The van der Waals surface area contributed by atoms with E-state index >= 15 is 0 Å². The van der Waals surface area contributed by atoms with Crippen LogP contribution in [0, 0.1) is 11.8 Å². The zero-order valence-corrected chi connectivity index (χ0v) is 25.8. The average molecular weight is 592 g/mol. The summed E-state index contributed by atoms with van der Waals surface area (Å²) in [5.74, 6) is 0.301. The fraction of sp³-hybridized carbons (Fsp3) is 0.559. The van der Waals surface area contributed by atoms with Crippen molar-refractivity contribution < 1.29 is 28.6 Å². The second-order valence-corrected chi connectivity index (χ2v) is 13.4. The molecular weight excluding hydrogens is 546 g/mol. The van der Waals surface area contributed by atoms with Crippen LogP contribution in [0.4, 0.5) is 21.0 Å². The Hall–Kier alpha value is -3.59. The molecule has 2 heterocycles. The van der Waals surface area contributed by atoms with Crippen LogP contribution in [0.15, 0.2) is 48.5 Å². The van der Waals surface area contributed by atoms with Gasteiger partial charge in [0.05, 0.1) is 5.69 Å². The molecule has 1 unspecified atom stereocenters. The van der Waals surface area contributed by atoms with E-state index in [2.05, 4.69) is 17.6 Å². The number of fused-ring (bicyclic) bond motifs is 2. The highest BCUT2D eigenvalue weighted by molar-refractivity contribution is 5.99. The van der Waals surface area contributed by atoms with Crippen molar-refractivity contribution in [3.63, 3.8) is 0 Å². The van der Waals surface area contributed by atoms with Crippen LogP contribution < -0.4 is 15.5 Å². The third-order valence-corrected chi connectivity index (χ3v) is 8.95. The zero-order valence-electron chi connectivity index (χ0n) is 25.8. The van der Waals surface area contributed by atoms with Crippen LogP contribution in [0.5, 0.6) is 0 Å². The lowest BCUT2D eigenvalue weighted by Gasteiger charge is -2.34. The van der Waals surface area contributed by atoms with Crippen LogP contribution >= 0.6 is 0 Å². The summed E-state index contributed by atoms with van der Waals surface area (Å²) in [6.45, 7) is 9.68. The Bertz CT molecular complexity index is 1290. The lowest BCUT2D eigenvalue weighted by molar-refractivity contribution is -0.119. The van der Waals surface area contributed by atoms with E-state index in [4.69, 9.17) is 14.2 Å². The molecule has 1 spiro atoms. The van der Waals surface area contributed by atoms with Crippen LogP contribution in [0.25, 0.3) is 0 Å². The monoisotopic (exact) mass is 591 g/mol. The van der Waals surface area contributed by atoms with Gasteiger partial charge in [-0.25, -0.2) is 9.59 Å². The first-order valence-corrected chi connectivity index (χ1v) is 15.5. The molecule has 43 heavy (non-hydrogen) atoms. The van der Waals surface area contributed by atoms with Crippen LogP contribution in [0.2, 0.25) is 0 Å². The predicted molar refractivity (Wildman–Crippen MR) is 165 cm³/mol. The third-order valence-electron chi connectivity index (χ3n) is 8.95. The van der Waals surface area contributed by atoms with Gasteiger partial charge in [-0.2, -0.15) is 0 Å². The first-order chi connectivity index (χ1) is 20.5. The van der Waals surface area contributed by atoms with Gasteiger partial charge in [0.2, 0.25) is 5.91 Å². The molecule has 0 aromatic heterocycles. The van der Waals surface area contributed by atoms with Crippen molar-refractivity contribution in [1.29, 1.82) is 0 Å². The van der Waals surface area contributed by atoms with Crippen molar-refractivity contribution in [2.75, 3.05) is 30.0 Å². The van der Waals surface area contributed by atoms with Gasteiger partial charge in [0.25, 0.3) is 0 Å². The molecule has 232 valence electrons. The summed E-state index contributed by atoms with van der Waals surface area (Å²) in [7, 11) is 0. The molecule has 2 fully saturated rings. The van der Waals surface area contributed by atoms with E-state index < -0.39 is 23.8 Å². The first-order valence-electron chi connectivity index (χ1n) is 15.5. The van der Waals surface area contributed by atoms with Crippen LogP contribution in [0.3, 0.4) is 0 Å². The number of anilines is 2. The molecule has 1 atom stereocenters. The number of carbonyl (C=O) groups excluding carboxylic acids is 3. The lowest BCUT2D eigenvalue weighted by atomic mass is 9.76. The van der Waals surface area contributed by atoms with Gasteiger partial charge in [0, 0.05) is 30.9 Å². The van der Waals surface area contributed by atoms with Crippen LogP contribution in [0.1, 0.15) is 77.3 Å². The summed E-state index contributed by atoms with van der Waals surface area (Å²) in [4.78, 5) is 41.7. The number of amides is 3. The van der Waals surface area contributed by atoms with Crippen molar-refractivity contribution in [2.24, 2.45) is 11.8 Å².